The van der Waals surface area contributed by atoms with Crippen molar-refractivity contribution in [1.82, 2.24) is 10.3 Å². The highest BCUT2D eigenvalue weighted by molar-refractivity contribution is 5.94. The fourth-order valence-corrected chi connectivity index (χ4v) is 1.40. The van der Waals surface area contributed by atoms with E-state index in [2.05, 4.69) is 10.3 Å². The first-order valence-corrected chi connectivity index (χ1v) is 5.25. The maximum atomic E-state index is 11.7. The molecule has 1 aromatic heterocycles. The smallest absolute Gasteiger partial charge is 0.251 e. The molecule has 1 heterocycles. The van der Waals surface area contributed by atoms with Crippen LogP contribution in [0.15, 0.2) is 18.3 Å². The van der Waals surface area contributed by atoms with Gasteiger partial charge in [0.05, 0.1) is 0 Å². The van der Waals surface area contributed by atoms with Gasteiger partial charge in [-0.2, -0.15) is 0 Å². The number of nitrogens with zero attached hydrogens (tertiary/aromatic N) is 1. The summed E-state index contributed by atoms with van der Waals surface area (Å²) in [6.07, 6.45) is 4.58. The van der Waals surface area contributed by atoms with Gasteiger partial charge in [0.2, 0.25) is 0 Å². The minimum Gasteiger partial charge on any atom is -0.349 e. The Bertz CT molecular complexity index is 361. The van der Waals surface area contributed by atoms with Crippen LogP contribution in [0.3, 0.4) is 0 Å². The minimum absolute atomic E-state index is 0.00169. The molecule has 0 bridgehead atoms. The SMILES string of the molecule is NCCc1cc(C(=O)NC2CC2)ccn1. The van der Waals surface area contributed by atoms with E-state index in [9.17, 15) is 4.79 Å². The van der Waals surface area contributed by atoms with Gasteiger partial charge in [-0.25, -0.2) is 0 Å². The normalized spacial score (nSPS) is 15.0. The fourth-order valence-electron chi connectivity index (χ4n) is 1.40. The molecule has 4 heteroatoms. The Morgan fingerprint density at radius 3 is 3.07 bits per heavy atom. The molecule has 1 saturated carbocycles. The molecule has 1 aliphatic carbocycles. The molecule has 3 N–H and O–H groups in total. The van der Waals surface area contributed by atoms with Crippen molar-refractivity contribution in [2.75, 3.05) is 6.54 Å². The van der Waals surface area contributed by atoms with Crippen LogP contribution >= 0.6 is 0 Å². The van der Waals surface area contributed by atoms with Gasteiger partial charge in [-0.3, -0.25) is 9.78 Å². The van der Waals surface area contributed by atoms with Gasteiger partial charge in [-0.15, -0.1) is 0 Å². The number of amides is 1. The Morgan fingerprint density at radius 2 is 2.40 bits per heavy atom. The van der Waals surface area contributed by atoms with Crippen molar-refractivity contribution in [1.29, 1.82) is 0 Å². The second-order valence-electron chi connectivity index (χ2n) is 3.82. The number of pyridine rings is 1. The molecular formula is C11H15N3O. The number of nitrogens with one attached hydrogen (secondary N) is 1. The summed E-state index contributed by atoms with van der Waals surface area (Å²) in [6.45, 7) is 0.556. The highest BCUT2D eigenvalue weighted by Gasteiger charge is 2.23. The summed E-state index contributed by atoms with van der Waals surface area (Å²) in [6, 6.07) is 3.94. The molecule has 0 aromatic carbocycles. The molecule has 1 aliphatic rings. The third kappa shape index (κ3) is 2.76. The van der Waals surface area contributed by atoms with Crippen LogP contribution in [-0.4, -0.2) is 23.5 Å². The number of aromatic nitrogens is 1. The van der Waals surface area contributed by atoms with Crippen molar-refractivity contribution in [3.63, 3.8) is 0 Å². The predicted octanol–water partition coefficient (Wildman–Crippen LogP) is 0.475. The van der Waals surface area contributed by atoms with Crippen molar-refractivity contribution < 1.29 is 4.79 Å². The zero-order chi connectivity index (χ0) is 10.7. The third-order valence-electron chi connectivity index (χ3n) is 2.39. The number of rotatable bonds is 4. The van der Waals surface area contributed by atoms with Crippen molar-refractivity contribution >= 4 is 5.91 Å². The quantitative estimate of drug-likeness (QED) is 0.751. The lowest BCUT2D eigenvalue weighted by Crippen LogP contribution is -2.25. The van der Waals surface area contributed by atoms with E-state index >= 15 is 0 Å². The summed E-state index contributed by atoms with van der Waals surface area (Å²) < 4.78 is 0. The van der Waals surface area contributed by atoms with E-state index in [1.165, 1.54) is 0 Å². The molecule has 1 aromatic rings. The highest BCUT2D eigenvalue weighted by atomic mass is 16.1. The molecule has 2 rings (SSSR count). The van der Waals surface area contributed by atoms with Crippen LogP contribution < -0.4 is 11.1 Å². The molecule has 0 radical (unpaired) electrons. The van der Waals surface area contributed by atoms with Gasteiger partial charge in [0.15, 0.2) is 0 Å². The number of carbonyl (C=O) groups is 1. The number of hydrogen-bond acceptors (Lipinski definition) is 3. The van der Waals surface area contributed by atoms with Crippen LogP contribution in [0.25, 0.3) is 0 Å². The summed E-state index contributed by atoms with van der Waals surface area (Å²) in [5.74, 6) is -0.00169. The van der Waals surface area contributed by atoms with E-state index in [-0.39, 0.29) is 5.91 Å². The number of nitrogens with two attached hydrogens (primary N) is 1. The van der Waals surface area contributed by atoms with Gasteiger partial charge >= 0.3 is 0 Å². The van der Waals surface area contributed by atoms with Crippen LogP contribution in [-0.2, 0) is 6.42 Å². The van der Waals surface area contributed by atoms with Crippen LogP contribution in [0, 0.1) is 0 Å². The van der Waals surface area contributed by atoms with E-state index in [1.54, 1.807) is 12.3 Å². The molecule has 0 unspecified atom stereocenters. The van der Waals surface area contributed by atoms with E-state index in [0.717, 1.165) is 18.5 Å². The lowest BCUT2D eigenvalue weighted by molar-refractivity contribution is 0.0951. The van der Waals surface area contributed by atoms with Crippen molar-refractivity contribution in [2.45, 2.75) is 25.3 Å². The molecule has 80 valence electrons. The monoisotopic (exact) mass is 205 g/mol. The maximum absolute atomic E-state index is 11.7. The molecule has 0 atom stereocenters. The summed E-state index contributed by atoms with van der Waals surface area (Å²) in [4.78, 5) is 15.8. The van der Waals surface area contributed by atoms with Gasteiger partial charge in [-0.05, 0) is 31.5 Å². The zero-order valence-corrected chi connectivity index (χ0v) is 8.57. The average molecular weight is 205 g/mol. The largest absolute Gasteiger partial charge is 0.349 e. The summed E-state index contributed by atoms with van der Waals surface area (Å²) in [7, 11) is 0. The Morgan fingerprint density at radius 1 is 1.60 bits per heavy atom. The third-order valence-corrected chi connectivity index (χ3v) is 2.39. The molecule has 4 nitrogen and oxygen atoms in total. The summed E-state index contributed by atoms with van der Waals surface area (Å²) in [5, 5.41) is 2.94. The molecule has 1 amide bonds. The second kappa shape index (κ2) is 4.40. The topological polar surface area (TPSA) is 68.0 Å². The van der Waals surface area contributed by atoms with E-state index in [1.807, 2.05) is 6.07 Å². The van der Waals surface area contributed by atoms with Gasteiger partial charge < -0.3 is 11.1 Å². The molecule has 0 saturated heterocycles. The van der Waals surface area contributed by atoms with Gasteiger partial charge in [0.25, 0.3) is 5.91 Å². The standard InChI is InChI=1S/C11H15N3O/c12-5-3-10-7-8(4-6-13-10)11(15)14-9-1-2-9/h4,6-7,9H,1-3,5,12H2,(H,14,15). The van der Waals surface area contributed by atoms with Gasteiger partial charge in [0, 0.05) is 29.9 Å². The first-order chi connectivity index (χ1) is 7.29. The molecule has 0 spiro atoms. The molecule has 15 heavy (non-hydrogen) atoms. The average Bonchev–Trinajstić information content (AvgIpc) is 3.03. The lowest BCUT2D eigenvalue weighted by Gasteiger charge is -2.04. The lowest BCUT2D eigenvalue weighted by atomic mass is 10.2. The van der Waals surface area contributed by atoms with E-state index in [4.69, 9.17) is 5.73 Å². The Kier molecular flexibility index (Phi) is 2.97. The van der Waals surface area contributed by atoms with Crippen molar-refractivity contribution in [3.8, 4) is 0 Å². The Labute approximate surface area is 88.9 Å². The fraction of sp³-hybridized carbons (Fsp3) is 0.455. The summed E-state index contributed by atoms with van der Waals surface area (Å²) >= 11 is 0. The maximum Gasteiger partial charge on any atom is 0.251 e. The van der Waals surface area contributed by atoms with Crippen LogP contribution in [0.5, 0.6) is 0 Å². The van der Waals surface area contributed by atoms with Crippen LogP contribution in [0.1, 0.15) is 28.9 Å². The van der Waals surface area contributed by atoms with Crippen molar-refractivity contribution in [3.05, 3.63) is 29.6 Å². The Balaban J connectivity index is 2.05. The Hall–Kier alpha value is -1.42. The first kappa shape index (κ1) is 10.1. The van der Waals surface area contributed by atoms with Gasteiger partial charge in [0.1, 0.15) is 0 Å². The summed E-state index contributed by atoms with van der Waals surface area (Å²) in [5.41, 5.74) is 6.99. The first-order valence-electron chi connectivity index (χ1n) is 5.25. The molecule has 1 fully saturated rings. The number of carbonyl (C=O) groups excluding carboxylic acids is 1. The van der Waals surface area contributed by atoms with E-state index in [0.29, 0.717) is 24.6 Å². The highest BCUT2D eigenvalue weighted by Crippen LogP contribution is 2.19. The minimum atomic E-state index is -0.00169. The predicted molar refractivity (Wildman–Crippen MR) is 57.5 cm³/mol. The molecular weight excluding hydrogens is 190 g/mol. The number of hydrogen-bond donors (Lipinski definition) is 2. The molecule has 0 aliphatic heterocycles. The second-order valence-corrected chi connectivity index (χ2v) is 3.82. The van der Waals surface area contributed by atoms with E-state index < -0.39 is 0 Å². The zero-order valence-electron chi connectivity index (χ0n) is 8.57. The van der Waals surface area contributed by atoms with Crippen molar-refractivity contribution in [2.24, 2.45) is 5.73 Å². The van der Waals surface area contributed by atoms with Crippen LogP contribution in [0.2, 0.25) is 0 Å². The van der Waals surface area contributed by atoms with Gasteiger partial charge in [-0.1, -0.05) is 0 Å². The van der Waals surface area contributed by atoms with Crippen LogP contribution in [0.4, 0.5) is 0 Å².